The highest BCUT2D eigenvalue weighted by molar-refractivity contribution is 7.91. The van der Waals surface area contributed by atoms with Crippen molar-refractivity contribution in [2.45, 2.75) is 18.7 Å². The zero-order valence-corrected chi connectivity index (χ0v) is 20.2. The van der Waals surface area contributed by atoms with E-state index in [1.165, 1.54) is 25.6 Å². The van der Waals surface area contributed by atoms with Crippen molar-refractivity contribution in [1.29, 1.82) is 0 Å². The molecule has 2 heterocycles. The van der Waals surface area contributed by atoms with Crippen LogP contribution in [0.2, 0.25) is 0 Å². The van der Waals surface area contributed by atoms with Crippen LogP contribution in [0.5, 0.6) is 5.75 Å². The smallest absolute Gasteiger partial charge is 0.234 e. The van der Waals surface area contributed by atoms with E-state index in [9.17, 15) is 8.42 Å². The van der Waals surface area contributed by atoms with E-state index in [2.05, 4.69) is 30.5 Å². The minimum atomic E-state index is -3.38. The molecule has 0 aliphatic rings. The van der Waals surface area contributed by atoms with Gasteiger partial charge in [0.25, 0.3) is 0 Å². The van der Waals surface area contributed by atoms with Gasteiger partial charge in [-0.3, -0.25) is 5.10 Å². The fourth-order valence-electron chi connectivity index (χ4n) is 3.23. The lowest BCUT2D eigenvalue weighted by Crippen LogP contribution is -2.14. The zero-order chi connectivity index (χ0) is 22.9. The number of anilines is 4. The quantitative estimate of drug-likeness (QED) is 0.398. The van der Waals surface area contributed by atoms with E-state index < -0.39 is 9.84 Å². The van der Waals surface area contributed by atoms with E-state index in [0.29, 0.717) is 17.4 Å². The third-order valence-electron chi connectivity index (χ3n) is 5.13. The molecule has 2 aromatic heterocycles. The van der Waals surface area contributed by atoms with Crippen LogP contribution in [0.1, 0.15) is 12.6 Å². The minimum absolute atomic E-state index is 0. The summed E-state index contributed by atoms with van der Waals surface area (Å²) >= 11 is 0. The number of H-pyrrole nitrogens is 1. The molecule has 10 nitrogen and oxygen atoms in total. The predicted molar refractivity (Wildman–Crippen MR) is 130 cm³/mol. The first-order chi connectivity index (χ1) is 15.3. The van der Waals surface area contributed by atoms with Crippen LogP contribution in [-0.4, -0.2) is 53.5 Å². The van der Waals surface area contributed by atoms with Gasteiger partial charge in [-0.05, 0) is 43.3 Å². The summed E-state index contributed by atoms with van der Waals surface area (Å²) in [6.45, 7) is 3.57. The number of halogens is 1. The van der Waals surface area contributed by atoms with Crippen molar-refractivity contribution in [2.24, 2.45) is 0 Å². The largest absolute Gasteiger partial charge is 0.495 e. The molecule has 0 unspecified atom stereocenters. The number of sulfone groups is 1. The number of methoxy groups -OCH3 is 1. The highest BCUT2D eigenvalue weighted by Gasteiger charge is 2.16. The molecule has 2 aromatic carbocycles. The van der Waals surface area contributed by atoms with Gasteiger partial charge in [0.15, 0.2) is 9.84 Å². The summed E-state index contributed by atoms with van der Waals surface area (Å²) in [5, 5.41) is 11.4. The fourth-order valence-corrected chi connectivity index (χ4v) is 4.14. The topological polar surface area (TPSA) is 126 Å². The van der Waals surface area contributed by atoms with Crippen molar-refractivity contribution >= 4 is 56.4 Å². The molecule has 4 rings (SSSR count). The second kappa shape index (κ2) is 9.59. The molecule has 4 aromatic rings. The molecule has 0 bridgehead atoms. The summed E-state index contributed by atoms with van der Waals surface area (Å²) in [7, 11) is -0.0273. The molecule has 33 heavy (non-hydrogen) atoms. The van der Waals surface area contributed by atoms with Crippen LogP contribution in [0, 0.1) is 6.92 Å². The number of rotatable bonds is 7. The standard InChI is InChI=1S/C21H23N7O3S.ClH/c1-5-32(29,30)15-7-9-19(31-4)18(11-15)24-20-22-12-23-21(25-20)28(3)14-6-8-16-13(2)26-27-17(16)10-14;/h6-12H,5H2,1-4H3,(H,26,27)(H,22,23,24,25);1H. The number of hydrogen-bond donors (Lipinski definition) is 2. The number of benzene rings is 2. The van der Waals surface area contributed by atoms with Crippen LogP contribution in [0.3, 0.4) is 0 Å². The normalized spacial score (nSPS) is 11.2. The SMILES string of the molecule is CCS(=O)(=O)c1ccc(OC)c(Nc2ncnc(N(C)c3ccc4c(C)[nH]nc4c3)n2)c1.Cl. The number of aryl methyl sites for hydroxylation is 1. The summed E-state index contributed by atoms with van der Waals surface area (Å²) < 4.78 is 29.9. The molecule has 0 saturated carbocycles. The van der Waals surface area contributed by atoms with E-state index >= 15 is 0 Å². The average molecular weight is 490 g/mol. The Hall–Kier alpha value is -3.44. The molecule has 174 valence electrons. The molecule has 0 atom stereocenters. The van der Waals surface area contributed by atoms with E-state index in [-0.39, 0.29) is 29.0 Å². The lowest BCUT2D eigenvalue weighted by Gasteiger charge is -2.18. The lowest BCUT2D eigenvalue weighted by atomic mass is 10.2. The maximum absolute atomic E-state index is 12.3. The van der Waals surface area contributed by atoms with Gasteiger partial charge >= 0.3 is 0 Å². The predicted octanol–water partition coefficient (Wildman–Crippen LogP) is 3.79. The number of ether oxygens (including phenoxy) is 1. The minimum Gasteiger partial charge on any atom is -0.495 e. The van der Waals surface area contributed by atoms with Crippen molar-refractivity contribution in [2.75, 3.05) is 30.1 Å². The second-order valence-corrected chi connectivity index (χ2v) is 9.39. The zero-order valence-electron chi connectivity index (χ0n) is 18.5. The van der Waals surface area contributed by atoms with Crippen LogP contribution < -0.4 is 15.0 Å². The van der Waals surface area contributed by atoms with Crippen molar-refractivity contribution in [3.8, 4) is 5.75 Å². The Bertz CT molecular complexity index is 1390. The Labute approximate surface area is 197 Å². The number of hydrogen-bond acceptors (Lipinski definition) is 9. The highest BCUT2D eigenvalue weighted by Crippen LogP contribution is 2.31. The molecule has 0 saturated heterocycles. The van der Waals surface area contributed by atoms with E-state index in [4.69, 9.17) is 4.74 Å². The van der Waals surface area contributed by atoms with Gasteiger partial charge in [-0.1, -0.05) is 6.92 Å². The van der Waals surface area contributed by atoms with Gasteiger partial charge in [0.2, 0.25) is 11.9 Å². The van der Waals surface area contributed by atoms with Crippen LogP contribution in [0.15, 0.2) is 47.6 Å². The molecule has 0 fully saturated rings. The Morgan fingerprint density at radius 2 is 1.94 bits per heavy atom. The number of nitrogens with zero attached hydrogens (tertiary/aromatic N) is 5. The summed E-state index contributed by atoms with van der Waals surface area (Å²) in [6.07, 6.45) is 1.39. The van der Waals surface area contributed by atoms with Gasteiger partial charge in [-0.15, -0.1) is 12.4 Å². The summed E-state index contributed by atoms with van der Waals surface area (Å²) in [5.74, 6) is 1.13. The van der Waals surface area contributed by atoms with Crippen LogP contribution in [0.4, 0.5) is 23.3 Å². The monoisotopic (exact) mass is 489 g/mol. The molecule has 0 amide bonds. The number of fused-ring (bicyclic) bond motifs is 1. The number of aromatic nitrogens is 5. The molecular formula is C21H24ClN7O3S. The summed E-state index contributed by atoms with van der Waals surface area (Å²) in [4.78, 5) is 14.9. The van der Waals surface area contributed by atoms with Crippen molar-refractivity contribution < 1.29 is 13.2 Å². The molecule has 0 aliphatic carbocycles. The lowest BCUT2D eigenvalue weighted by molar-refractivity contribution is 0.416. The van der Waals surface area contributed by atoms with Crippen LogP contribution in [0.25, 0.3) is 10.9 Å². The van der Waals surface area contributed by atoms with Gasteiger partial charge in [0.1, 0.15) is 12.1 Å². The van der Waals surface area contributed by atoms with E-state index in [1.54, 1.807) is 13.0 Å². The Morgan fingerprint density at radius 1 is 1.15 bits per heavy atom. The molecule has 2 N–H and O–H groups in total. The first kappa shape index (κ1) is 24.2. The molecular weight excluding hydrogens is 466 g/mol. The second-order valence-electron chi connectivity index (χ2n) is 7.11. The molecule has 12 heteroatoms. The van der Waals surface area contributed by atoms with Crippen LogP contribution >= 0.6 is 12.4 Å². The van der Waals surface area contributed by atoms with E-state index in [0.717, 1.165) is 22.3 Å². The summed E-state index contributed by atoms with van der Waals surface area (Å²) in [6, 6.07) is 10.5. The van der Waals surface area contributed by atoms with Gasteiger partial charge in [0, 0.05) is 23.8 Å². The summed E-state index contributed by atoms with van der Waals surface area (Å²) in [5.41, 5.74) is 3.14. The van der Waals surface area contributed by atoms with Crippen molar-refractivity contribution in [3.63, 3.8) is 0 Å². The van der Waals surface area contributed by atoms with Crippen LogP contribution in [-0.2, 0) is 9.84 Å². The first-order valence-corrected chi connectivity index (χ1v) is 11.5. The van der Waals surface area contributed by atoms with Gasteiger partial charge < -0.3 is 15.0 Å². The molecule has 0 radical (unpaired) electrons. The van der Waals surface area contributed by atoms with Gasteiger partial charge in [0.05, 0.1) is 29.0 Å². The van der Waals surface area contributed by atoms with Gasteiger partial charge in [-0.2, -0.15) is 10.1 Å². The fraction of sp³-hybridized carbons (Fsp3) is 0.238. The number of nitrogens with one attached hydrogen (secondary N) is 2. The first-order valence-electron chi connectivity index (χ1n) is 9.87. The Kier molecular flexibility index (Phi) is 7.04. The molecule has 0 spiro atoms. The maximum Gasteiger partial charge on any atom is 0.234 e. The van der Waals surface area contributed by atoms with Gasteiger partial charge in [-0.25, -0.2) is 18.4 Å². The maximum atomic E-state index is 12.3. The van der Waals surface area contributed by atoms with E-state index in [1.807, 2.05) is 37.1 Å². The van der Waals surface area contributed by atoms with Crippen molar-refractivity contribution in [1.82, 2.24) is 25.1 Å². The highest BCUT2D eigenvalue weighted by atomic mass is 35.5. The third kappa shape index (κ3) is 4.83. The number of aromatic amines is 1. The molecule has 0 aliphatic heterocycles. The third-order valence-corrected chi connectivity index (χ3v) is 6.86. The Morgan fingerprint density at radius 3 is 2.67 bits per heavy atom. The van der Waals surface area contributed by atoms with Crippen molar-refractivity contribution in [3.05, 3.63) is 48.4 Å². The Balaban J connectivity index is 0.00000306. The average Bonchev–Trinajstić information content (AvgIpc) is 3.18.